The number of aromatic nitrogens is 3. The molecule has 0 saturated heterocycles. The fraction of sp³-hybridized carbons (Fsp3) is 0.0357. The number of para-hydroxylation sites is 3. The quantitative estimate of drug-likeness (QED) is 0.109. The highest BCUT2D eigenvalue weighted by atomic mass is 32.2. The van der Waals surface area contributed by atoms with Crippen LogP contribution in [0.2, 0.25) is 0 Å². The number of nitro benzene ring substituents is 1. The van der Waals surface area contributed by atoms with Gasteiger partial charge in [-0.1, -0.05) is 60.3 Å². The second-order valence-corrected chi connectivity index (χ2v) is 8.99. The molecule has 0 radical (unpaired) electrons. The highest BCUT2D eigenvalue weighted by Gasteiger charge is 2.20. The predicted molar refractivity (Wildman–Crippen MR) is 141 cm³/mol. The van der Waals surface area contributed by atoms with Gasteiger partial charge in [0, 0.05) is 28.1 Å². The summed E-state index contributed by atoms with van der Waals surface area (Å²) >= 11 is 1.51. The molecule has 0 aliphatic carbocycles. The van der Waals surface area contributed by atoms with Crippen LogP contribution in [-0.2, 0) is 0 Å². The first-order valence-corrected chi connectivity index (χ1v) is 12.0. The van der Waals surface area contributed by atoms with Crippen LogP contribution in [0.5, 0.6) is 0 Å². The monoisotopic (exact) mass is 492 g/mol. The number of allylic oxidation sites excluding steroid dienone is 1. The number of rotatable bonds is 7. The van der Waals surface area contributed by atoms with Crippen molar-refractivity contribution in [3.63, 3.8) is 0 Å². The van der Waals surface area contributed by atoms with Gasteiger partial charge < -0.3 is 0 Å². The van der Waals surface area contributed by atoms with Gasteiger partial charge in [-0.05, 0) is 49.4 Å². The zero-order valence-electron chi connectivity index (χ0n) is 19.2. The molecule has 0 unspecified atom stereocenters. The highest BCUT2D eigenvalue weighted by Crippen LogP contribution is 2.37. The lowest BCUT2D eigenvalue weighted by atomic mass is 10.1. The van der Waals surface area contributed by atoms with Crippen molar-refractivity contribution in [2.45, 2.75) is 16.8 Å². The molecule has 2 aromatic heterocycles. The van der Waals surface area contributed by atoms with E-state index in [1.807, 2.05) is 72.3 Å². The Kier molecular flexibility index (Phi) is 6.42. The number of carbonyl (C=O) groups is 1. The van der Waals surface area contributed by atoms with E-state index in [1.165, 1.54) is 30.0 Å². The number of nitro groups is 1. The minimum Gasteiger partial charge on any atom is -0.289 e. The summed E-state index contributed by atoms with van der Waals surface area (Å²) in [6.07, 6.45) is 4.81. The van der Waals surface area contributed by atoms with Crippen molar-refractivity contribution in [3.05, 3.63) is 124 Å². The number of hydrogen-bond acceptors (Lipinski definition) is 6. The van der Waals surface area contributed by atoms with Gasteiger partial charge in [0.05, 0.1) is 27.4 Å². The maximum atomic E-state index is 12.9. The van der Waals surface area contributed by atoms with E-state index in [0.29, 0.717) is 0 Å². The summed E-state index contributed by atoms with van der Waals surface area (Å²) < 4.78 is 1.84. The van der Waals surface area contributed by atoms with Crippen LogP contribution in [0.15, 0.2) is 107 Å². The second kappa shape index (κ2) is 9.97. The molecule has 0 bridgehead atoms. The van der Waals surface area contributed by atoms with Crippen molar-refractivity contribution in [2.75, 3.05) is 0 Å². The predicted octanol–water partition coefficient (Wildman–Crippen LogP) is 6.68. The van der Waals surface area contributed by atoms with Gasteiger partial charge in [-0.3, -0.25) is 19.9 Å². The van der Waals surface area contributed by atoms with E-state index in [4.69, 9.17) is 5.10 Å². The van der Waals surface area contributed by atoms with Crippen molar-refractivity contribution < 1.29 is 9.72 Å². The van der Waals surface area contributed by atoms with E-state index in [-0.39, 0.29) is 11.3 Å². The normalized spacial score (nSPS) is 11.2. The number of ketones is 1. The molecule has 2 heterocycles. The maximum absolute atomic E-state index is 12.9. The topological polar surface area (TPSA) is 90.9 Å². The Bertz CT molecular complexity index is 1620. The van der Waals surface area contributed by atoms with Crippen molar-refractivity contribution in [3.8, 4) is 5.69 Å². The number of carbonyl (C=O) groups excluding carboxylic acids is 1. The van der Waals surface area contributed by atoms with Crippen LogP contribution in [0.3, 0.4) is 0 Å². The molecular formula is C28H20N4O3S. The van der Waals surface area contributed by atoms with Crippen molar-refractivity contribution in [1.82, 2.24) is 14.8 Å². The average Bonchev–Trinajstić information content (AvgIpc) is 3.22. The molecule has 36 heavy (non-hydrogen) atoms. The van der Waals surface area contributed by atoms with Crippen LogP contribution in [0.25, 0.3) is 22.7 Å². The standard InChI is InChI=1S/C28H20N4O3S/c1-19-22(16-17-25(33)23-13-5-6-14-24(23)32(34)35)28(31(30-19)21-11-3-2-4-12-21)36-26-15-7-9-20-10-8-18-29-27(20)26/h2-18H,1H3/b17-16+. The SMILES string of the molecule is Cc1nn(-c2ccccc2)c(Sc2cccc3cccnc23)c1/C=C/C(=O)c1ccccc1[N+](=O)[O-]. The molecule has 0 atom stereocenters. The van der Waals surface area contributed by atoms with Gasteiger partial charge in [0.15, 0.2) is 5.78 Å². The number of fused-ring (bicyclic) bond motifs is 1. The van der Waals surface area contributed by atoms with E-state index >= 15 is 0 Å². The summed E-state index contributed by atoms with van der Waals surface area (Å²) in [6.45, 7) is 1.87. The molecule has 3 aromatic carbocycles. The Morgan fingerprint density at radius 3 is 2.53 bits per heavy atom. The lowest BCUT2D eigenvalue weighted by molar-refractivity contribution is -0.385. The van der Waals surface area contributed by atoms with Gasteiger partial charge in [-0.15, -0.1) is 0 Å². The fourth-order valence-corrected chi connectivity index (χ4v) is 5.09. The molecular weight excluding hydrogens is 472 g/mol. The summed E-state index contributed by atoms with van der Waals surface area (Å²) in [6, 6.07) is 25.6. The maximum Gasteiger partial charge on any atom is 0.280 e. The molecule has 5 aromatic rings. The van der Waals surface area contributed by atoms with E-state index in [1.54, 1.807) is 24.4 Å². The number of benzene rings is 3. The average molecular weight is 493 g/mol. The third-order valence-corrected chi connectivity index (χ3v) is 6.77. The van der Waals surface area contributed by atoms with Crippen molar-refractivity contribution >= 4 is 40.2 Å². The van der Waals surface area contributed by atoms with Crippen LogP contribution >= 0.6 is 11.8 Å². The van der Waals surface area contributed by atoms with Crippen LogP contribution in [0, 0.1) is 17.0 Å². The first kappa shape index (κ1) is 23.2. The molecule has 5 rings (SSSR count). The summed E-state index contributed by atoms with van der Waals surface area (Å²) in [5.41, 5.74) is 3.04. The molecule has 8 heteroatoms. The van der Waals surface area contributed by atoms with Crippen LogP contribution in [-0.4, -0.2) is 25.5 Å². The van der Waals surface area contributed by atoms with Gasteiger partial charge >= 0.3 is 0 Å². The zero-order valence-corrected chi connectivity index (χ0v) is 20.1. The lowest BCUT2D eigenvalue weighted by Crippen LogP contribution is -2.01. The largest absolute Gasteiger partial charge is 0.289 e. The van der Waals surface area contributed by atoms with E-state index < -0.39 is 10.7 Å². The molecule has 0 fully saturated rings. The second-order valence-electron chi connectivity index (χ2n) is 7.96. The zero-order chi connectivity index (χ0) is 25.1. The Morgan fingerprint density at radius 2 is 1.72 bits per heavy atom. The van der Waals surface area contributed by atoms with Gasteiger partial charge in [-0.2, -0.15) is 5.10 Å². The molecule has 0 amide bonds. The third kappa shape index (κ3) is 4.54. The summed E-state index contributed by atoms with van der Waals surface area (Å²) in [5.74, 6) is -0.447. The van der Waals surface area contributed by atoms with Crippen LogP contribution in [0.1, 0.15) is 21.6 Å². The van der Waals surface area contributed by atoms with E-state index in [0.717, 1.165) is 37.8 Å². The highest BCUT2D eigenvalue weighted by molar-refractivity contribution is 7.99. The molecule has 0 spiro atoms. The number of hydrogen-bond donors (Lipinski definition) is 0. The molecule has 0 N–H and O–H groups in total. The van der Waals surface area contributed by atoms with Gasteiger partial charge in [-0.25, -0.2) is 4.68 Å². The van der Waals surface area contributed by atoms with Crippen LogP contribution < -0.4 is 0 Å². The summed E-state index contributed by atoms with van der Waals surface area (Å²) in [4.78, 5) is 29.3. The van der Waals surface area contributed by atoms with Gasteiger partial charge in [0.1, 0.15) is 5.03 Å². The lowest BCUT2D eigenvalue weighted by Gasteiger charge is -2.10. The van der Waals surface area contributed by atoms with Crippen molar-refractivity contribution in [2.24, 2.45) is 0 Å². The molecule has 0 aliphatic rings. The van der Waals surface area contributed by atoms with E-state index in [9.17, 15) is 14.9 Å². The smallest absolute Gasteiger partial charge is 0.280 e. The first-order chi connectivity index (χ1) is 17.5. The van der Waals surface area contributed by atoms with E-state index in [2.05, 4.69) is 4.98 Å². The number of nitrogens with zero attached hydrogens (tertiary/aromatic N) is 4. The molecule has 7 nitrogen and oxygen atoms in total. The first-order valence-electron chi connectivity index (χ1n) is 11.2. The van der Waals surface area contributed by atoms with Crippen LogP contribution in [0.4, 0.5) is 5.69 Å². The summed E-state index contributed by atoms with van der Waals surface area (Å²) in [5, 5.41) is 18.0. The van der Waals surface area contributed by atoms with Gasteiger partial charge in [0.25, 0.3) is 5.69 Å². The minimum absolute atomic E-state index is 0.0410. The Labute approximate surface area is 211 Å². The summed E-state index contributed by atoms with van der Waals surface area (Å²) in [7, 11) is 0. The fourth-order valence-electron chi connectivity index (χ4n) is 3.91. The number of pyridine rings is 1. The molecule has 176 valence electrons. The Hall–Kier alpha value is -4.56. The third-order valence-electron chi connectivity index (χ3n) is 5.63. The number of aryl methyl sites for hydroxylation is 1. The Morgan fingerprint density at radius 1 is 0.972 bits per heavy atom. The van der Waals surface area contributed by atoms with Gasteiger partial charge in [0.2, 0.25) is 0 Å². The molecule has 0 aliphatic heterocycles. The minimum atomic E-state index is -0.547. The van der Waals surface area contributed by atoms with Crippen molar-refractivity contribution in [1.29, 1.82) is 0 Å². The Balaban J connectivity index is 1.61. The molecule has 0 saturated carbocycles.